The lowest BCUT2D eigenvalue weighted by atomic mass is 10.1. The van der Waals surface area contributed by atoms with Gasteiger partial charge in [0.2, 0.25) is 0 Å². The number of nitrogens with zero attached hydrogens (tertiary/aromatic N) is 1. The van der Waals surface area contributed by atoms with E-state index >= 15 is 0 Å². The minimum Gasteiger partial charge on any atom is -0.469 e. The third-order valence-electron chi connectivity index (χ3n) is 4.21. The van der Waals surface area contributed by atoms with Crippen LogP contribution in [-0.2, 0) is 9.53 Å². The van der Waals surface area contributed by atoms with Crippen LogP contribution in [-0.4, -0.2) is 25.7 Å². The van der Waals surface area contributed by atoms with E-state index in [-0.39, 0.29) is 12.0 Å². The van der Waals surface area contributed by atoms with Crippen LogP contribution in [0, 0.1) is 0 Å². The zero-order valence-electron chi connectivity index (χ0n) is 13.6. The molecule has 0 bridgehead atoms. The van der Waals surface area contributed by atoms with E-state index in [2.05, 4.69) is 20.8 Å². The van der Waals surface area contributed by atoms with Crippen molar-refractivity contribution in [3.8, 4) is 11.5 Å². The van der Waals surface area contributed by atoms with Crippen molar-refractivity contribution >= 4 is 27.6 Å². The van der Waals surface area contributed by atoms with Crippen LogP contribution in [0.4, 0.5) is 5.69 Å². The summed E-state index contributed by atoms with van der Waals surface area (Å²) in [7, 11) is 1.44. The molecule has 0 aromatic heterocycles. The molecule has 3 rings (SSSR count). The van der Waals surface area contributed by atoms with Crippen molar-refractivity contribution in [3.05, 3.63) is 53.0 Å². The maximum Gasteiger partial charge on any atom is 0.307 e. The van der Waals surface area contributed by atoms with Gasteiger partial charge in [-0.05, 0) is 55.3 Å². The molecule has 5 heteroatoms. The number of hydrogen-bond donors (Lipinski definition) is 0. The summed E-state index contributed by atoms with van der Waals surface area (Å²) in [5.41, 5.74) is 1.11. The van der Waals surface area contributed by atoms with Crippen LogP contribution >= 0.6 is 15.9 Å². The van der Waals surface area contributed by atoms with Gasteiger partial charge < -0.3 is 14.4 Å². The molecule has 2 aromatic carbocycles. The zero-order valence-corrected chi connectivity index (χ0v) is 15.2. The van der Waals surface area contributed by atoms with E-state index in [1.54, 1.807) is 0 Å². The van der Waals surface area contributed by atoms with Crippen molar-refractivity contribution in [3.63, 3.8) is 0 Å². The lowest BCUT2D eigenvalue weighted by Gasteiger charge is -2.26. The number of hydrogen-bond acceptors (Lipinski definition) is 4. The predicted octanol–water partition coefficient (Wildman–Crippen LogP) is 4.77. The number of benzene rings is 2. The average Bonchev–Trinajstić information content (AvgIpc) is 3.03. The predicted molar refractivity (Wildman–Crippen MR) is 97.7 cm³/mol. The lowest BCUT2D eigenvalue weighted by Crippen LogP contribution is -2.31. The molecule has 1 aliphatic rings. The van der Waals surface area contributed by atoms with E-state index < -0.39 is 0 Å². The Hall–Kier alpha value is -2.01. The molecule has 1 saturated heterocycles. The first-order valence-corrected chi connectivity index (χ1v) is 8.82. The third-order valence-corrected chi connectivity index (χ3v) is 4.70. The Morgan fingerprint density at radius 3 is 2.71 bits per heavy atom. The van der Waals surface area contributed by atoms with Gasteiger partial charge in [-0.2, -0.15) is 0 Å². The van der Waals surface area contributed by atoms with Crippen LogP contribution in [0.5, 0.6) is 11.5 Å². The highest BCUT2D eigenvalue weighted by Crippen LogP contribution is 2.30. The van der Waals surface area contributed by atoms with Crippen molar-refractivity contribution in [2.45, 2.75) is 25.3 Å². The molecule has 24 heavy (non-hydrogen) atoms. The molecule has 0 amide bonds. The first-order valence-electron chi connectivity index (χ1n) is 8.02. The van der Waals surface area contributed by atoms with Crippen molar-refractivity contribution in [2.24, 2.45) is 0 Å². The topological polar surface area (TPSA) is 38.8 Å². The highest BCUT2D eigenvalue weighted by molar-refractivity contribution is 9.10. The van der Waals surface area contributed by atoms with E-state index in [9.17, 15) is 4.79 Å². The van der Waals surface area contributed by atoms with Gasteiger partial charge >= 0.3 is 5.97 Å². The molecule has 4 nitrogen and oxygen atoms in total. The normalized spacial score (nSPS) is 16.9. The molecule has 1 fully saturated rings. The smallest absolute Gasteiger partial charge is 0.307 e. The Morgan fingerprint density at radius 1 is 1.21 bits per heavy atom. The van der Waals surface area contributed by atoms with Crippen LogP contribution in [0.25, 0.3) is 0 Å². The molecule has 0 spiro atoms. The maximum absolute atomic E-state index is 11.6. The summed E-state index contributed by atoms with van der Waals surface area (Å²) in [6.45, 7) is 0.966. The Kier molecular flexibility index (Phi) is 5.41. The molecule has 0 saturated carbocycles. The summed E-state index contributed by atoms with van der Waals surface area (Å²) in [6.07, 6.45) is 2.55. The highest BCUT2D eigenvalue weighted by Gasteiger charge is 2.27. The van der Waals surface area contributed by atoms with Crippen molar-refractivity contribution in [2.75, 3.05) is 18.6 Å². The standard InChI is InChI=1S/C19H20BrNO3/c1-23-19(22)13-16-5-3-11-21(16)15-7-9-17(10-8-15)24-18-6-2-4-14(20)12-18/h2,4,6-10,12,16H,3,5,11,13H2,1H3/t16-/m0/s1. The van der Waals surface area contributed by atoms with Gasteiger partial charge in [-0.25, -0.2) is 0 Å². The van der Waals surface area contributed by atoms with Crippen LogP contribution in [0.3, 0.4) is 0 Å². The van der Waals surface area contributed by atoms with Crippen LogP contribution in [0.2, 0.25) is 0 Å². The van der Waals surface area contributed by atoms with Crippen LogP contribution < -0.4 is 9.64 Å². The van der Waals surface area contributed by atoms with Gasteiger partial charge in [0.1, 0.15) is 11.5 Å². The molecule has 0 N–H and O–H groups in total. The van der Waals surface area contributed by atoms with Crippen molar-refractivity contribution in [1.82, 2.24) is 0 Å². The summed E-state index contributed by atoms with van der Waals surface area (Å²) < 4.78 is 11.7. The Labute approximate surface area is 150 Å². The third kappa shape index (κ3) is 4.09. The Morgan fingerprint density at radius 2 is 2.00 bits per heavy atom. The maximum atomic E-state index is 11.6. The molecular weight excluding hydrogens is 370 g/mol. The van der Waals surface area contributed by atoms with E-state index in [1.807, 2.05) is 48.5 Å². The Bertz CT molecular complexity index is 702. The summed E-state index contributed by atoms with van der Waals surface area (Å²) in [4.78, 5) is 13.8. The lowest BCUT2D eigenvalue weighted by molar-refractivity contribution is -0.140. The van der Waals surface area contributed by atoms with E-state index in [4.69, 9.17) is 9.47 Å². The van der Waals surface area contributed by atoms with Gasteiger partial charge in [0.05, 0.1) is 13.5 Å². The number of carbonyl (C=O) groups is 1. The number of methoxy groups -OCH3 is 1. The van der Waals surface area contributed by atoms with Crippen LogP contribution in [0.15, 0.2) is 53.0 Å². The van der Waals surface area contributed by atoms with Gasteiger partial charge in [-0.15, -0.1) is 0 Å². The number of carbonyl (C=O) groups excluding carboxylic acids is 1. The number of halogens is 1. The number of ether oxygens (including phenoxy) is 2. The molecule has 2 aromatic rings. The first-order chi connectivity index (χ1) is 11.7. The number of esters is 1. The fraction of sp³-hybridized carbons (Fsp3) is 0.316. The highest BCUT2D eigenvalue weighted by atomic mass is 79.9. The fourth-order valence-corrected chi connectivity index (χ4v) is 3.41. The first kappa shape index (κ1) is 16.8. The monoisotopic (exact) mass is 389 g/mol. The fourth-order valence-electron chi connectivity index (χ4n) is 3.04. The summed E-state index contributed by atoms with van der Waals surface area (Å²) in [6, 6.07) is 16.0. The summed E-state index contributed by atoms with van der Waals surface area (Å²) in [5, 5.41) is 0. The van der Waals surface area contributed by atoms with E-state index in [0.717, 1.165) is 41.0 Å². The molecule has 0 unspecified atom stereocenters. The van der Waals surface area contributed by atoms with Gasteiger partial charge in [0, 0.05) is 22.7 Å². The largest absolute Gasteiger partial charge is 0.469 e. The van der Waals surface area contributed by atoms with Gasteiger partial charge in [0.15, 0.2) is 0 Å². The quantitative estimate of drug-likeness (QED) is 0.690. The zero-order chi connectivity index (χ0) is 16.9. The van der Waals surface area contributed by atoms with Gasteiger partial charge in [0.25, 0.3) is 0 Å². The summed E-state index contributed by atoms with van der Waals surface area (Å²) >= 11 is 3.44. The van der Waals surface area contributed by atoms with Crippen molar-refractivity contribution in [1.29, 1.82) is 0 Å². The molecule has 126 valence electrons. The van der Waals surface area contributed by atoms with Crippen molar-refractivity contribution < 1.29 is 14.3 Å². The SMILES string of the molecule is COC(=O)C[C@@H]1CCCN1c1ccc(Oc2cccc(Br)c2)cc1. The molecule has 0 aliphatic carbocycles. The summed E-state index contributed by atoms with van der Waals surface area (Å²) in [5.74, 6) is 1.43. The second-order valence-corrected chi connectivity index (χ2v) is 6.74. The minimum absolute atomic E-state index is 0.151. The Balaban J connectivity index is 1.68. The number of anilines is 1. The van der Waals surface area contributed by atoms with E-state index in [0.29, 0.717) is 6.42 Å². The second-order valence-electron chi connectivity index (χ2n) is 5.82. The molecule has 1 atom stereocenters. The molecule has 1 heterocycles. The number of rotatable bonds is 5. The molecular formula is C19H20BrNO3. The van der Waals surface area contributed by atoms with Gasteiger partial charge in [-0.1, -0.05) is 22.0 Å². The van der Waals surface area contributed by atoms with Gasteiger partial charge in [-0.3, -0.25) is 4.79 Å². The average molecular weight is 390 g/mol. The van der Waals surface area contributed by atoms with E-state index in [1.165, 1.54) is 7.11 Å². The minimum atomic E-state index is -0.151. The molecule has 1 aliphatic heterocycles. The van der Waals surface area contributed by atoms with Crippen LogP contribution in [0.1, 0.15) is 19.3 Å². The second kappa shape index (κ2) is 7.71. The molecule has 0 radical (unpaired) electrons.